The summed E-state index contributed by atoms with van der Waals surface area (Å²) < 4.78 is 1.96. The molecule has 7 rings (SSSR count). The molecule has 0 aromatic carbocycles. The number of rotatable bonds is 5. The zero-order valence-corrected chi connectivity index (χ0v) is 22.9. The Morgan fingerprint density at radius 1 is 1.10 bits per heavy atom. The van der Waals surface area contributed by atoms with E-state index in [0.29, 0.717) is 35.3 Å². The van der Waals surface area contributed by atoms with Gasteiger partial charge in [-0.3, -0.25) is 9.69 Å². The minimum Gasteiger partial charge on any atom is -0.356 e. The molecule has 3 aromatic rings. The quantitative estimate of drug-likeness (QED) is 0.539. The summed E-state index contributed by atoms with van der Waals surface area (Å²) >= 11 is 0. The third kappa shape index (κ3) is 4.16. The molecule has 0 saturated carbocycles. The van der Waals surface area contributed by atoms with Gasteiger partial charge < -0.3 is 19.7 Å². The van der Waals surface area contributed by atoms with Crippen LogP contribution in [0.25, 0.3) is 11.5 Å². The van der Waals surface area contributed by atoms with E-state index in [-0.39, 0.29) is 5.91 Å². The number of nitrogens with zero attached hydrogens (tertiary/aromatic N) is 8. The van der Waals surface area contributed by atoms with Gasteiger partial charge >= 0.3 is 0 Å². The summed E-state index contributed by atoms with van der Waals surface area (Å²) in [6.45, 7) is 10.7. The molecule has 3 fully saturated rings. The molecule has 0 radical (unpaired) electrons. The van der Waals surface area contributed by atoms with Crippen molar-refractivity contribution in [2.45, 2.75) is 65.1 Å². The standard InChI is InChI=1S/C29H37N9O/c1-3-35-19-31-34-27(35)23-7-4-8-24(32-23)38-17-22-21(28(38)39)16-25(37-14-5-6-20(37)2)33-26(22)36-15-11-29(18-36)9-12-30-13-10-29/h4,7-8,16,19-20,30H,3,5-6,9-15,17-18H2,1-2H3/t20-/m1/s1. The van der Waals surface area contributed by atoms with E-state index in [1.54, 1.807) is 11.2 Å². The van der Waals surface area contributed by atoms with E-state index in [1.165, 1.54) is 19.3 Å². The van der Waals surface area contributed by atoms with Crippen LogP contribution < -0.4 is 20.0 Å². The minimum absolute atomic E-state index is 0.000801. The number of nitrogens with one attached hydrogen (secondary N) is 1. The predicted octanol–water partition coefficient (Wildman–Crippen LogP) is 3.48. The zero-order chi connectivity index (χ0) is 26.6. The molecule has 0 unspecified atom stereocenters. The Bertz CT molecular complexity index is 1400. The highest BCUT2D eigenvalue weighted by Crippen LogP contribution is 2.44. The van der Waals surface area contributed by atoms with Gasteiger partial charge in [0, 0.05) is 37.8 Å². The number of carbonyl (C=O) groups is 1. The first-order valence-corrected chi connectivity index (χ1v) is 14.5. The first kappa shape index (κ1) is 24.5. The van der Waals surface area contributed by atoms with Crippen molar-refractivity contribution in [3.8, 4) is 11.5 Å². The molecule has 10 heteroatoms. The van der Waals surface area contributed by atoms with Crippen molar-refractivity contribution in [1.29, 1.82) is 0 Å². The number of hydrogen-bond acceptors (Lipinski definition) is 8. The lowest BCUT2D eigenvalue weighted by molar-refractivity contribution is 0.0996. The van der Waals surface area contributed by atoms with Gasteiger partial charge in [-0.25, -0.2) is 9.97 Å². The Morgan fingerprint density at radius 2 is 1.97 bits per heavy atom. The molecule has 39 heavy (non-hydrogen) atoms. The molecule has 7 heterocycles. The Hall–Kier alpha value is -3.53. The van der Waals surface area contributed by atoms with Crippen molar-refractivity contribution in [2.24, 2.45) is 5.41 Å². The van der Waals surface area contributed by atoms with Crippen LogP contribution in [-0.4, -0.2) is 69.4 Å². The van der Waals surface area contributed by atoms with E-state index in [0.717, 1.165) is 74.9 Å². The lowest BCUT2D eigenvalue weighted by Crippen LogP contribution is -2.39. The smallest absolute Gasteiger partial charge is 0.260 e. The van der Waals surface area contributed by atoms with Gasteiger partial charge in [-0.15, -0.1) is 10.2 Å². The van der Waals surface area contributed by atoms with Crippen LogP contribution in [0.5, 0.6) is 0 Å². The van der Waals surface area contributed by atoms with Gasteiger partial charge in [-0.1, -0.05) is 6.07 Å². The summed E-state index contributed by atoms with van der Waals surface area (Å²) in [4.78, 5) is 30.8. The second kappa shape index (κ2) is 9.59. The molecule has 204 valence electrons. The first-order valence-electron chi connectivity index (χ1n) is 14.5. The second-order valence-corrected chi connectivity index (χ2v) is 11.6. The van der Waals surface area contributed by atoms with Crippen LogP contribution in [0.1, 0.15) is 61.9 Å². The number of pyridine rings is 2. The van der Waals surface area contributed by atoms with E-state index in [9.17, 15) is 4.79 Å². The fourth-order valence-corrected chi connectivity index (χ4v) is 7.00. The van der Waals surface area contributed by atoms with Gasteiger partial charge in [0.05, 0.1) is 12.1 Å². The van der Waals surface area contributed by atoms with Crippen LogP contribution in [0.15, 0.2) is 30.6 Å². The molecule has 0 bridgehead atoms. The van der Waals surface area contributed by atoms with Crippen molar-refractivity contribution < 1.29 is 4.79 Å². The first-order chi connectivity index (χ1) is 19.0. The maximum Gasteiger partial charge on any atom is 0.260 e. The fourth-order valence-electron chi connectivity index (χ4n) is 7.00. The van der Waals surface area contributed by atoms with Gasteiger partial charge in [0.15, 0.2) is 5.82 Å². The van der Waals surface area contributed by atoms with Crippen LogP contribution in [0.2, 0.25) is 0 Å². The molecule has 4 aliphatic rings. The van der Waals surface area contributed by atoms with E-state index in [2.05, 4.69) is 39.2 Å². The van der Waals surface area contributed by atoms with E-state index in [1.807, 2.05) is 28.8 Å². The summed E-state index contributed by atoms with van der Waals surface area (Å²) in [5.74, 6) is 3.28. The van der Waals surface area contributed by atoms with Crippen molar-refractivity contribution in [2.75, 3.05) is 47.4 Å². The number of amides is 1. The van der Waals surface area contributed by atoms with Crippen LogP contribution in [0.3, 0.4) is 0 Å². The molecule has 1 atom stereocenters. The zero-order valence-electron chi connectivity index (χ0n) is 22.9. The highest BCUT2D eigenvalue weighted by Gasteiger charge is 2.42. The Kier molecular flexibility index (Phi) is 6.02. The molecule has 4 aliphatic heterocycles. The lowest BCUT2D eigenvalue weighted by atomic mass is 9.78. The predicted molar refractivity (Wildman–Crippen MR) is 151 cm³/mol. The normalized spacial score (nSPS) is 22.4. The summed E-state index contributed by atoms with van der Waals surface area (Å²) in [5.41, 5.74) is 2.87. The van der Waals surface area contributed by atoms with E-state index in [4.69, 9.17) is 9.97 Å². The summed E-state index contributed by atoms with van der Waals surface area (Å²) in [7, 11) is 0. The minimum atomic E-state index is -0.000801. The summed E-state index contributed by atoms with van der Waals surface area (Å²) in [6, 6.07) is 8.25. The Labute approximate surface area is 229 Å². The molecule has 1 amide bonds. The number of anilines is 3. The fraction of sp³-hybridized carbons (Fsp3) is 0.552. The molecule has 1 N–H and O–H groups in total. The third-order valence-corrected chi connectivity index (χ3v) is 9.33. The van der Waals surface area contributed by atoms with Gasteiger partial charge in [-0.2, -0.15) is 0 Å². The average molecular weight is 528 g/mol. The second-order valence-electron chi connectivity index (χ2n) is 11.6. The molecule has 1 spiro atoms. The lowest BCUT2D eigenvalue weighted by Gasteiger charge is -2.34. The number of hydrogen-bond donors (Lipinski definition) is 1. The van der Waals surface area contributed by atoms with E-state index < -0.39 is 0 Å². The van der Waals surface area contributed by atoms with Gasteiger partial charge in [-0.05, 0) is 82.7 Å². The van der Waals surface area contributed by atoms with Crippen molar-refractivity contribution in [3.63, 3.8) is 0 Å². The Balaban J connectivity index is 1.26. The van der Waals surface area contributed by atoms with Crippen molar-refractivity contribution in [3.05, 3.63) is 41.7 Å². The number of carbonyl (C=O) groups excluding carboxylic acids is 1. The van der Waals surface area contributed by atoms with E-state index >= 15 is 0 Å². The molecular weight excluding hydrogens is 490 g/mol. The van der Waals surface area contributed by atoms with Crippen molar-refractivity contribution in [1.82, 2.24) is 30.0 Å². The monoisotopic (exact) mass is 527 g/mol. The molecule has 3 aromatic heterocycles. The molecular formula is C29H37N9O. The molecule has 0 aliphatic carbocycles. The molecule has 3 saturated heterocycles. The molecule has 10 nitrogen and oxygen atoms in total. The van der Waals surface area contributed by atoms with Gasteiger partial charge in [0.2, 0.25) is 0 Å². The van der Waals surface area contributed by atoms with Crippen LogP contribution in [0, 0.1) is 5.41 Å². The maximum absolute atomic E-state index is 14.0. The summed E-state index contributed by atoms with van der Waals surface area (Å²) in [6.07, 6.45) is 7.64. The van der Waals surface area contributed by atoms with Crippen LogP contribution in [-0.2, 0) is 13.1 Å². The van der Waals surface area contributed by atoms with Gasteiger partial charge in [0.25, 0.3) is 5.91 Å². The van der Waals surface area contributed by atoms with Crippen molar-refractivity contribution >= 4 is 23.4 Å². The third-order valence-electron chi connectivity index (χ3n) is 9.33. The number of piperidine rings is 1. The maximum atomic E-state index is 14.0. The largest absolute Gasteiger partial charge is 0.356 e. The highest BCUT2D eigenvalue weighted by atomic mass is 16.2. The van der Waals surface area contributed by atoms with Crippen LogP contribution in [0.4, 0.5) is 17.5 Å². The Morgan fingerprint density at radius 3 is 2.77 bits per heavy atom. The number of fused-ring (bicyclic) bond motifs is 1. The van der Waals surface area contributed by atoms with Gasteiger partial charge in [0.1, 0.15) is 29.5 Å². The average Bonchev–Trinajstić information content (AvgIpc) is 3.76. The number of aromatic nitrogens is 5. The highest BCUT2D eigenvalue weighted by molar-refractivity contribution is 6.11. The SMILES string of the molecule is CCn1cnnc1-c1cccc(N2Cc3c(cc(N4CCC[C@H]4C)nc3N3CCC4(CCNCC4)C3)C2=O)n1. The topological polar surface area (TPSA) is 95.3 Å². The summed E-state index contributed by atoms with van der Waals surface area (Å²) in [5, 5.41) is 11.9. The van der Waals surface area contributed by atoms with Crippen LogP contribution >= 0.6 is 0 Å². The number of aryl methyl sites for hydroxylation is 1.